The van der Waals surface area contributed by atoms with E-state index >= 15 is 0 Å². The molecule has 2 N–H and O–H groups in total. The lowest BCUT2D eigenvalue weighted by atomic mass is 9.79. The summed E-state index contributed by atoms with van der Waals surface area (Å²) in [4.78, 5) is 2.16. The van der Waals surface area contributed by atoms with Crippen LogP contribution in [0.4, 0.5) is 4.39 Å². The van der Waals surface area contributed by atoms with Gasteiger partial charge >= 0.3 is 7.12 Å². The van der Waals surface area contributed by atoms with E-state index in [1.807, 2.05) is 6.92 Å². The number of hydrogen-bond donors (Lipinski definition) is 2. The minimum absolute atomic E-state index is 0.176. The molecule has 0 bridgehead atoms. The molecular formula is C12H17BFNO3. The van der Waals surface area contributed by atoms with E-state index in [1.165, 1.54) is 6.07 Å². The predicted molar refractivity (Wildman–Crippen MR) is 66.9 cm³/mol. The van der Waals surface area contributed by atoms with Gasteiger partial charge in [-0.1, -0.05) is 6.07 Å². The molecule has 0 aliphatic carbocycles. The Hall–Kier alpha value is -0.945. The summed E-state index contributed by atoms with van der Waals surface area (Å²) in [6, 6.07) is 4.18. The summed E-state index contributed by atoms with van der Waals surface area (Å²) >= 11 is 0. The van der Waals surface area contributed by atoms with Crippen LogP contribution in [0, 0.1) is 5.82 Å². The number of hydrogen-bond acceptors (Lipinski definition) is 4. The van der Waals surface area contributed by atoms with Crippen molar-refractivity contribution < 1.29 is 19.2 Å². The van der Waals surface area contributed by atoms with E-state index < -0.39 is 12.9 Å². The normalized spacial score (nSPS) is 21.0. The van der Waals surface area contributed by atoms with Crippen molar-refractivity contribution in [2.45, 2.75) is 19.6 Å². The first-order chi connectivity index (χ1) is 8.54. The van der Waals surface area contributed by atoms with Crippen molar-refractivity contribution in [3.05, 3.63) is 29.6 Å². The molecule has 1 heterocycles. The molecule has 18 heavy (non-hydrogen) atoms. The van der Waals surface area contributed by atoms with Gasteiger partial charge in [0.15, 0.2) is 0 Å². The van der Waals surface area contributed by atoms with Crippen molar-refractivity contribution in [1.29, 1.82) is 0 Å². The Balaban J connectivity index is 2.08. The maximum Gasteiger partial charge on any atom is 0.488 e. The third kappa shape index (κ3) is 3.52. The summed E-state index contributed by atoms with van der Waals surface area (Å²) in [5.41, 5.74) is 0.929. The Morgan fingerprint density at radius 3 is 2.89 bits per heavy atom. The van der Waals surface area contributed by atoms with Crippen molar-refractivity contribution in [2.75, 3.05) is 19.7 Å². The van der Waals surface area contributed by atoms with Crippen LogP contribution in [0.1, 0.15) is 12.5 Å². The van der Waals surface area contributed by atoms with Gasteiger partial charge in [0.1, 0.15) is 5.82 Å². The van der Waals surface area contributed by atoms with Crippen LogP contribution in [-0.2, 0) is 11.3 Å². The van der Waals surface area contributed by atoms with Crippen LogP contribution in [-0.4, -0.2) is 47.9 Å². The van der Waals surface area contributed by atoms with Crippen molar-refractivity contribution >= 4 is 12.6 Å². The fraction of sp³-hybridized carbons (Fsp3) is 0.500. The monoisotopic (exact) mass is 253 g/mol. The quantitative estimate of drug-likeness (QED) is 0.728. The Labute approximate surface area is 106 Å². The maximum atomic E-state index is 13.4. The largest absolute Gasteiger partial charge is 0.488 e. The number of nitrogens with zero attached hydrogens (tertiary/aromatic N) is 1. The van der Waals surface area contributed by atoms with Crippen molar-refractivity contribution in [3.63, 3.8) is 0 Å². The minimum atomic E-state index is -1.64. The predicted octanol–water partition coefficient (Wildman–Crippen LogP) is -0.274. The van der Waals surface area contributed by atoms with Gasteiger partial charge in [-0.25, -0.2) is 4.39 Å². The minimum Gasteiger partial charge on any atom is -0.423 e. The summed E-state index contributed by atoms with van der Waals surface area (Å²) in [6.45, 7) is 4.86. The molecule has 1 unspecified atom stereocenters. The van der Waals surface area contributed by atoms with E-state index in [9.17, 15) is 4.39 Å². The van der Waals surface area contributed by atoms with Gasteiger partial charge < -0.3 is 14.8 Å². The molecule has 1 fully saturated rings. The van der Waals surface area contributed by atoms with Crippen molar-refractivity contribution in [3.8, 4) is 0 Å². The molecule has 1 aromatic carbocycles. The second-order valence-electron chi connectivity index (χ2n) is 4.68. The summed E-state index contributed by atoms with van der Waals surface area (Å²) in [6.07, 6.45) is 0.176. The molecule has 1 saturated heterocycles. The summed E-state index contributed by atoms with van der Waals surface area (Å²) < 4.78 is 18.8. The highest BCUT2D eigenvalue weighted by atomic mass is 19.1. The van der Waals surface area contributed by atoms with Gasteiger partial charge in [-0.3, -0.25) is 4.90 Å². The Morgan fingerprint density at radius 2 is 2.22 bits per heavy atom. The van der Waals surface area contributed by atoms with Gasteiger partial charge in [0.05, 0.1) is 12.7 Å². The van der Waals surface area contributed by atoms with E-state index in [0.29, 0.717) is 13.2 Å². The molecule has 1 atom stereocenters. The molecule has 1 aliphatic heterocycles. The molecule has 2 rings (SSSR count). The number of halogens is 1. The van der Waals surface area contributed by atoms with E-state index in [0.717, 1.165) is 24.7 Å². The van der Waals surface area contributed by atoms with Crippen LogP contribution >= 0.6 is 0 Å². The van der Waals surface area contributed by atoms with Crippen molar-refractivity contribution in [2.24, 2.45) is 0 Å². The molecule has 0 amide bonds. The number of rotatable bonds is 3. The number of ether oxygens (including phenoxy) is 1. The molecule has 1 aliphatic rings. The first-order valence-corrected chi connectivity index (χ1v) is 6.04. The van der Waals surface area contributed by atoms with Gasteiger partial charge in [-0.05, 0) is 30.1 Å². The van der Waals surface area contributed by atoms with Crippen LogP contribution < -0.4 is 5.46 Å². The molecule has 0 saturated carbocycles. The zero-order valence-electron chi connectivity index (χ0n) is 10.3. The standard InChI is InChI=1S/C12H17BFNO3/c1-9-7-15(2-3-18-9)8-10-4-11(13(16)17)6-12(14)5-10/h4-6,9,16-17H,2-3,7-8H2,1H3. The molecular weight excluding hydrogens is 236 g/mol. The zero-order chi connectivity index (χ0) is 13.1. The van der Waals surface area contributed by atoms with Gasteiger partial charge in [-0.2, -0.15) is 0 Å². The second kappa shape index (κ2) is 5.80. The third-order valence-corrected chi connectivity index (χ3v) is 3.01. The summed E-state index contributed by atoms with van der Waals surface area (Å²) in [5.74, 6) is -0.447. The molecule has 4 nitrogen and oxygen atoms in total. The Bertz CT molecular complexity index is 416. The summed E-state index contributed by atoms with van der Waals surface area (Å²) in [5, 5.41) is 18.2. The van der Waals surface area contributed by atoms with Crippen LogP contribution in [0.15, 0.2) is 18.2 Å². The highest BCUT2D eigenvalue weighted by Gasteiger charge is 2.18. The highest BCUT2D eigenvalue weighted by molar-refractivity contribution is 6.58. The number of benzene rings is 1. The van der Waals surface area contributed by atoms with Gasteiger partial charge in [-0.15, -0.1) is 0 Å². The average molecular weight is 253 g/mol. The van der Waals surface area contributed by atoms with Gasteiger partial charge in [0.25, 0.3) is 0 Å². The van der Waals surface area contributed by atoms with E-state index in [1.54, 1.807) is 6.07 Å². The third-order valence-electron chi connectivity index (χ3n) is 3.01. The molecule has 0 radical (unpaired) electrons. The highest BCUT2D eigenvalue weighted by Crippen LogP contribution is 2.10. The number of morpholine rings is 1. The SMILES string of the molecule is CC1CN(Cc2cc(F)cc(B(O)O)c2)CCO1. The molecule has 0 spiro atoms. The van der Waals surface area contributed by atoms with Crippen LogP contribution in [0.3, 0.4) is 0 Å². The second-order valence-corrected chi connectivity index (χ2v) is 4.68. The average Bonchev–Trinajstić information content (AvgIpc) is 2.28. The lowest BCUT2D eigenvalue weighted by Gasteiger charge is -2.31. The van der Waals surface area contributed by atoms with Crippen LogP contribution in [0.5, 0.6) is 0 Å². The molecule has 1 aromatic rings. The van der Waals surface area contributed by atoms with Gasteiger partial charge in [0.2, 0.25) is 0 Å². The topological polar surface area (TPSA) is 52.9 Å². The van der Waals surface area contributed by atoms with E-state index in [-0.39, 0.29) is 11.6 Å². The lowest BCUT2D eigenvalue weighted by Crippen LogP contribution is -2.40. The van der Waals surface area contributed by atoms with E-state index in [4.69, 9.17) is 14.8 Å². The maximum absolute atomic E-state index is 13.4. The van der Waals surface area contributed by atoms with E-state index in [2.05, 4.69) is 4.90 Å². The molecule has 0 aromatic heterocycles. The molecule has 6 heteroatoms. The Morgan fingerprint density at radius 1 is 1.44 bits per heavy atom. The first-order valence-electron chi connectivity index (χ1n) is 6.04. The smallest absolute Gasteiger partial charge is 0.423 e. The molecule has 98 valence electrons. The van der Waals surface area contributed by atoms with Gasteiger partial charge in [0, 0.05) is 19.6 Å². The first kappa shape index (κ1) is 13.5. The Kier molecular flexibility index (Phi) is 4.34. The van der Waals surface area contributed by atoms with Crippen LogP contribution in [0.25, 0.3) is 0 Å². The summed E-state index contributed by atoms with van der Waals surface area (Å²) in [7, 11) is -1.64. The lowest BCUT2D eigenvalue weighted by molar-refractivity contribution is -0.0212. The zero-order valence-corrected chi connectivity index (χ0v) is 10.3. The fourth-order valence-corrected chi connectivity index (χ4v) is 2.21. The fourth-order valence-electron chi connectivity index (χ4n) is 2.21. The van der Waals surface area contributed by atoms with Crippen LogP contribution in [0.2, 0.25) is 0 Å². The van der Waals surface area contributed by atoms with Crippen molar-refractivity contribution in [1.82, 2.24) is 4.90 Å².